The van der Waals surface area contributed by atoms with Gasteiger partial charge in [-0.15, -0.1) is 0 Å². The number of rotatable bonds is 6. The summed E-state index contributed by atoms with van der Waals surface area (Å²) in [5.41, 5.74) is 3.49. The summed E-state index contributed by atoms with van der Waals surface area (Å²) in [6.07, 6.45) is 0. The average molecular weight is 470 g/mol. The Morgan fingerprint density at radius 2 is 1.71 bits per heavy atom. The third-order valence-electron chi connectivity index (χ3n) is 6.29. The Hall–Kier alpha value is -3.90. The molecule has 0 aliphatic carbocycles. The molecule has 0 N–H and O–H groups in total. The van der Waals surface area contributed by atoms with Crippen LogP contribution >= 0.6 is 0 Å². The molecule has 0 radical (unpaired) electrons. The molecule has 4 aromatic rings. The van der Waals surface area contributed by atoms with Gasteiger partial charge in [0.2, 0.25) is 0 Å². The smallest absolute Gasteiger partial charge is 0.336 e. The van der Waals surface area contributed by atoms with Gasteiger partial charge in [-0.2, -0.15) is 0 Å². The molecule has 0 fully saturated rings. The molecule has 6 nitrogen and oxygen atoms in total. The van der Waals surface area contributed by atoms with E-state index in [4.69, 9.17) is 13.9 Å². The molecule has 3 aromatic carbocycles. The van der Waals surface area contributed by atoms with Crippen LogP contribution in [0.15, 0.2) is 88.1 Å². The number of ether oxygens (including phenoxy) is 2. The number of nitrogens with zero attached hydrogens (tertiary/aromatic N) is 1. The number of hydrogen-bond donors (Lipinski definition) is 0. The maximum absolute atomic E-state index is 13.1. The number of carbonyl (C=O) groups is 1. The fourth-order valence-corrected chi connectivity index (χ4v) is 4.64. The zero-order valence-corrected chi connectivity index (χ0v) is 19.8. The summed E-state index contributed by atoms with van der Waals surface area (Å²) in [7, 11) is 0. The van der Waals surface area contributed by atoms with Gasteiger partial charge in [0.15, 0.2) is 0 Å². The highest BCUT2D eigenvalue weighted by Gasteiger charge is 2.34. The molecule has 0 saturated heterocycles. The lowest BCUT2D eigenvalue weighted by atomic mass is 9.97. The Morgan fingerprint density at radius 1 is 1.00 bits per heavy atom. The Balaban J connectivity index is 1.47. The minimum Gasteiger partial charge on any atom is -0.478 e. The summed E-state index contributed by atoms with van der Waals surface area (Å²) in [6, 6.07) is 24.2. The lowest BCUT2D eigenvalue weighted by Gasteiger charge is -2.36. The van der Waals surface area contributed by atoms with E-state index in [1.807, 2.05) is 91.5 Å². The van der Waals surface area contributed by atoms with Gasteiger partial charge in [-0.3, -0.25) is 9.69 Å². The van der Waals surface area contributed by atoms with Crippen molar-refractivity contribution in [2.75, 3.05) is 6.73 Å². The average Bonchev–Trinajstić information content (AvgIpc) is 2.88. The summed E-state index contributed by atoms with van der Waals surface area (Å²) in [5, 5.41) is 0.827. The molecule has 0 spiro atoms. The fraction of sp³-hybridized carbons (Fsp3) is 0.241. The topological polar surface area (TPSA) is 69.0 Å². The molecule has 0 amide bonds. The van der Waals surface area contributed by atoms with Crippen LogP contribution in [0.25, 0.3) is 22.1 Å². The quantitative estimate of drug-likeness (QED) is 0.279. The molecule has 35 heavy (non-hydrogen) atoms. The first kappa shape index (κ1) is 22.9. The monoisotopic (exact) mass is 469 g/mol. The van der Waals surface area contributed by atoms with Crippen LogP contribution in [0.1, 0.15) is 25.0 Å². The van der Waals surface area contributed by atoms with Crippen molar-refractivity contribution in [1.29, 1.82) is 0 Å². The van der Waals surface area contributed by atoms with Crippen molar-refractivity contribution in [3.63, 3.8) is 0 Å². The van der Waals surface area contributed by atoms with Crippen LogP contribution in [0.4, 0.5) is 0 Å². The van der Waals surface area contributed by atoms with Crippen molar-refractivity contribution in [3.05, 3.63) is 100 Å². The molecule has 1 unspecified atom stereocenters. The number of esters is 1. The van der Waals surface area contributed by atoms with Crippen LogP contribution in [0.3, 0.4) is 0 Å². The lowest BCUT2D eigenvalue weighted by Crippen LogP contribution is -2.48. The summed E-state index contributed by atoms with van der Waals surface area (Å²) < 4.78 is 17.4. The molecule has 6 heteroatoms. The molecule has 1 atom stereocenters. The SMILES string of the molecule is CC(C)C(C(=O)OCc1ccccc1)N1COc2ccc3c(-c4ccccc4)cc(=O)oc3c2C1. The highest BCUT2D eigenvalue weighted by Crippen LogP contribution is 2.37. The van der Waals surface area contributed by atoms with Gasteiger partial charge in [0.05, 0.1) is 5.56 Å². The zero-order chi connectivity index (χ0) is 24.4. The third-order valence-corrected chi connectivity index (χ3v) is 6.29. The van der Waals surface area contributed by atoms with E-state index in [0.29, 0.717) is 17.9 Å². The first-order chi connectivity index (χ1) is 17.0. The summed E-state index contributed by atoms with van der Waals surface area (Å²) in [5.74, 6) is 0.343. The van der Waals surface area contributed by atoms with E-state index >= 15 is 0 Å². The second kappa shape index (κ2) is 9.76. The van der Waals surface area contributed by atoms with E-state index in [1.165, 1.54) is 6.07 Å². The highest BCUT2D eigenvalue weighted by atomic mass is 16.5. The first-order valence-corrected chi connectivity index (χ1v) is 11.7. The van der Waals surface area contributed by atoms with Crippen molar-refractivity contribution in [2.24, 2.45) is 5.92 Å². The molecule has 1 aromatic heterocycles. The van der Waals surface area contributed by atoms with E-state index in [-0.39, 0.29) is 25.2 Å². The minimum absolute atomic E-state index is 0.00899. The van der Waals surface area contributed by atoms with Gasteiger partial charge >= 0.3 is 11.6 Å². The number of fused-ring (bicyclic) bond motifs is 3. The van der Waals surface area contributed by atoms with Crippen LogP contribution in [-0.2, 0) is 22.7 Å². The molecule has 178 valence electrons. The molecular weight excluding hydrogens is 442 g/mol. The summed E-state index contributed by atoms with van der Waals surface area (Å²) >= 11 is 0. The van der Waals surface area contributed by atoms with Crippen LogP contribution < -0.4 is 10.4 Å². The first-order valence-electron chi connectivity index (χ1n) is 11.7. The summed E-state index contributed by atoms with van der Waals surface area (Å²) in [6.45, 7) is 4.83. The third kappa shape index (κ3) is 4.70. The maximum Gasteiger partial charge on any atom is 0.336 e. The minimum atomic E-state index is -0.508. The molecule has 2 heterocycles. The molecule has 0 bridgehead atoms. The van der Waals surface area contributed by atoms with Crippen LogP contribution in [0, 0.1) is 5.92 Å². The number of hydrogen-bond acceptors (Lipinski definition) is 6. The summed E-state index contributed by atoms with van der Waals surface area (Å²) in [4.78, 5) is 27.6. The zero-order valence-electron chi connectivity index (χ0n) is 19.8. The Kier molecular flexibility index (Phi) is 6.38. The van der Waals surface area contributed by atoms with Gasteiger partial charge in [-0.25, -0.2) is 4.79 Å². The predicted octanol–water partition coefficient (Wildman–Crippen LogP) is 5.38. The van der Waals surface area contributed by atoms with E-state index in [2.05, 4.69) is 0 Å². The van der Waals surface area contributed by atoms with Crippen molar-refractivity contribution in [2.45, 2.75) is 33.0 Å². The van der Waals surface area contributed by atoms with E-state index in [0.717, 1.165) is 27.6 Å². The van der Waals surface area contributed by atoms with Crippen molar-refractivity contribution < 1.29 is 18.7 Å². The van der Waals surface area contributed by atoms with E-state index in [1.54, 1.807) is 0 Å². The Morgan fingerprint density at radius 3 is 2.43 bits per heavy atom. The van der Waals surface area contributed by atoms with Gasteiger partial charge < -0.3 is 13.9 Å². The van der Waals surface area contributed by atoms with Crippen molar-refractivity contribution in [1.82, 2.24) is 4.90 Å². The lowest BCUT2D eigenvalue weighted by molar-refractivity contribution is -0.155. The van der Waals surface area contributed by atoms with Gasteiger partial charge in [0.25, 0.3) is 0 Å². The van der Waals surface area contributed by atoms with Crippen LogP contribution in [0.2, 0.25) is 0 Å². The number of carbonyl (C=O) groups excluding carboxylic acids is 1. The van der Waals surface area contributed by atoms with E-state index in [9.17, 15) is 9.59 Å². The molecular formula is C29H27NO5. The van der Waals surface area contributed by atoms with E-state index < -0.39 is 11.7 Å². The van der Waals surface area contributed by atoms with Crippen molar-refractivity contribution >= 4 is 16.9 Å². The van der Waals surface area contributed by atoms with Gasteiger partial charge in [-0.05, 0) is 34.7 Å². The number of benzene rings is 3. The molecule has 5 rings (SSSR count). The van der Waals surface area contributed by atoms with Gasteiger partial charge in [-0.1, -0.05) is 74.5 Å². The second-order valence-electron chi connectivity index (χ2n) is 9.07. The van der Waals surface area contributed by atoms with Gasteiger partial charge in [0.1, 0.15) is 30.7 Å². The molecule has 0 saturated carbocycles. The molecule has 1 aliphatic rings. The predicted molar refractivity (Wildman–Crippen MR) is 134 cm³/mol. The fourth-order valence-electron chi connectivity index (χ4n) is 4.64. The Labute approximate surface area is 203 Å². The van der Waals surface area contributed by atoms with Gasteiger partial charge in [0, 0.05) is 18.0 Å². The molecule has 1 aliphatic heterocycles. The standard InChI is InChI=1S/C29H27NO5/c1-19(2)27(29(32)33-17-20-9-5-3-6-10-20)30-16-24-25(34-18-30)14-13-22-23(15-26(31)35-28(22)24)21-11-7-4-8-12-21/h3-15,19,27H,16-18H2,1-2H3. The largest absolute Gasteiger partial charge is 0.478 e. The van der Waals surface area contributed by atoms with Crippen LogP contribution in [0.5, 0.6) is 5.75 Å². The van der Waals surface area contributed by atoms with Crippen LogP contribution in [-0.4, -0.2) is 23.6 Å². The maximum atomic E-state index is 13.1. The highest BCUT2D eigenvalue weighted by molar-refractivity contribution is 5.95. The normalized spacial score (nSPS) is 14.4. The second-order valence-corrected chi connectivity index (χ2v) is 9.07. The van der Waals surface area contributed by atoms with Crippen molar-refractivity contribution in [3.8, 4) is 16.9 Å². The Bertz CT molecular complexity index is 1400.